The number of benzene rings is 2. The number of ether oxygens (including phenoxy) is 2. The Morgan fingerprint density at radius 3 is 2.37 bits per heavy atom. The first-order valence-corrected chi connectivity index (χ1v) is 10.3. The van der Waals surface area contributed by atoms with Gasteiger partial charge in [0.15, 0.2) is 0 Å². The number of nitrogens with one attached hydrogen (secondary N) is 1. The van der Waals surface area contributed by atoms with E-state index < -0.39 is 5.41 Å². The van der Waals surface area contributed by atoms with E-state index in [1.807, 2.05) is 76.2 Å². The van der Waals surface area contributed by atoms with E-state index in [-0.39, 0.29) is 30.8 Å². The van der Waals surface area contributed by atoms with Gasteiger partial charge in [-0.05, 0) is 56.9 Å². The average Bonchev–Trinajstić information content (AvgIpc) is 2.71. The van der Waals surface area contributed by atoms with E-state index in [1.54, 1.807) is 7.11 Å². The van der Waals surface area contributed by atoms with Crippen molar-refractivity contribution in [3.63, 3.8) is 0 Å². The summed E-state index contributed by atoms with van der Waals surface area (Å²) < 4.78 is 10.9. The Kier molecular flexibility index (Phi) is 8.46. The molecule has 1 atom stereocenters. The monoisotopic (exact) mass is 411 g/mol. The molecule has 30 heavy (non-hydrogen) atoms. The van der Waals surface area contributed by atoms with Crippen LogP contribution in [0, 0.1) is 18.3 Å². The zero-order valence-corrected chi connectivity index (χ0v) is 18.7. The molecule has 0 saturated heterocycles. The molecule has 0 fully saturated rings. The maximum absolute atomic E-state index is 12.5. The minimum Gasteiger partial charge on any atom is -0.496 e. The van der Waals surface area contributed by atoms with Gasteiger partial charge in [0, 0.05) is 12.5 Å². The van der Waals surface area contributed by atoms with Crippen LogP contribution in [0.15, 0.2) is 48.5 Å². The van der Waals surface area contributed by atoms with Crippen LogP contribution in [0.2, 0.25) is 0 Å². The van der Waals surface area contributed by atoms with Crippen LogP contribution in [-0.4, -0.2) is 32.1 Å². The van der Waals surface area contributed by atoms with Gasteiger partial charge in [0.1, 0.15) is 5.75 Å². The van der Waals surface area contributed by atoms with Gasteiger partial charge in [-0.25, -0.2) is 0 Å². The Morgan fingerprint density at radius 1 is 1.03 bits per heavy atom. The predicted octanol–water partition coefficient (Wildman–Crippen LogP) is 4.11. The normalized spacial score (nSPS) is 12.2. The highest BCUT2D eigenvalue weighted by molar-refractivity contribution is 5.78. The molecule has 0 bridgehead atoms. The lowest BCUT2D eigenvalue weighted by Gasteiger charge is -2.22. The second kappa shape index (κ2) is 10.8. The van der Waals surface area contributed by atoms with E-state index in [1.165, 1.54) is 0 Å². The average molecular weight is 412 g/mol. The third-order valence-corrected chi connectivity index (χ3v) is 4.85. The fourth-order valence-electron chi connectivity index (χ4n) is 3.03. The fourth-order valence-corrected chi connectivity index (χ4v) is 3.03. The van der Waals surface area contributed by atoms with Crippen molar-refractivity contribution in [2.24, 2.45) is 11.3 Å². The fraction of sp³-hybridized carbons (Fsp3) is 0.440. The zero-order chi connectivity index (χ0) is 22.1. The lowest BCUT2D eigenvalue weighted by atomic mass is 9.96. The quantitative estimate of drug-likeness (QED) is 0.631. The molecule has 0 saturated carbocycles. The van der Waals surface area contributed by atoms with Crippen LogP contribution in [0.25, 0.3) is 0 Å². The number of carbonyl (C=O) groups is 2. The Bertz CT molecular complexity index is 840. The van der Waals surface area contributed by atoms with Crippen molar-refractivity contribution in [1.82, 2.24) is 5.32 Å². The van der Waals surface area contributed by atoms with Gasteiger partial charge in [-0.2, -0.15) is 0 Å². The molecule has 1 amide bonds. The molecule has 5 nitrogen and oxygen atoms in total. The highest BCUT2D eigenvalue weighted by atomic mass is 16.5. The summed E-state index contributed by atoms with van der Waals surface area (Å²) in [7, 11) is 1.62. The van der Waals surface area contributed by atoms with E-state index in [4.69, 9.17) is 9.47 Å². The summed E-state index contributed by atoms with van der Waals surface area (Å²) in [4.78, 5) is 24.7. The Morgan fingerprint density at radius 2 is 1.73 bits per heavy atom. The molecule has 1 unspecified atom stereocenters. The number of hydrogen-bond acceptors (Lipinski definition) is 4. The van der Waals surface area contributed by atoms with E-state index in [0.717, 1.165) is 28.9 Å². The van der Waals surface area contributed by atoms with Crippen molar-refractivity contribution in [3.8, 4) is 5.75 Å². The second-order valence-electron chi connectivity index (χ2n) is 8.69. The molecule has 2 aromatic carbocycles. The molecular formula is C25H33NO4. The third-order valence-electron chi connectivity index (χ3n) is 4.85. The van der Waals surface area contributed by atoms with Crippen LogP contribution in [0.4, 0.5) is 0 Å². The summed E-state index contributed by atoms with van der Waals surface area (Å²) in [5.74, 6) is 0.464. The molecule has 2 rings (SSSR count). The van der Waals surface area contributed by atoms with E-state index in [0.29, 0.717) is 6.54 Å². The number of carbonyl (C=O) groups excluding carboxylic acids is 2. The van der Waals surface area contributed by atoms with E-state index in [9.17, 15) is 9.59 Å². The number of rotatable bonds is 9. The van der Waals surface area contributed by atoms with Gasteiger partial charge in [-0.3, -0.25) is 9.59 Å². The standard InChI is InChI=1S/C25H33NO4/c1-18-11-12-20(14-22(18)29-5)15-23(27)26-16-21(13-19-9-7-6-8-10-19)17-30-24(28)25(2,3)4/h6-12,14,21H,13,15-17H2,1-5H3,(H,26,27). The first-order valence-electron chi connectivity index (χ1n) is 10.3. The van der Waals surface area contributed by atoms with Crippen molar-refractivity contribution in [2.45, 2.75) is 40.5 Å². The van der Waals surface area contributed by atoms with Gasteiger partial charge >= 0.3 is 5.97 Å². The number of methoxy groups -OCH3 is 1. The summed E-state index contributed by atoms with van der Waals surface area (Å²) in [6, 6.07) is 15.8. The molecule has 162 valence electrons. The Hall–Kier alpha value is -2.82. The van der Waals surface area contributed by atoms with Crippen LogP contribution in [-0.2, 0) is 27.2 Å². The van der Waals surface area contributed by atoms with Gasteiger partial charge in [-0.1, -0.05) is 42.5 Å². The third kappa shape index (κ3) is 7.54. The largest absolute Gasteiger partial charge is 0.496 e. The minimum absolute atomic E-state index is 0.00444. The van der Waals surface area contributed by atoms with Crippen molar-refractivity contribution in [2.75, 3.05) is 20.3 Å². The first-order chi connectivity index (χ1) is 14.2. The SMILES string of the molecule is COc1cc(CC(=O)NCC(COC(=O)C(C)(C)C)Cc2ccccc2)ccc1C. The minimum atomic E-state index is -0.551. The smallest absolute Gasteiger partial charge is 0.311 e. The summed E-state index contributed by atoms with van der Waals surface area (Å²) in [5, 5.41) is 3.00. The maximum atomic E-state index is 12.5. The van der Waals surface area contributed by atoms with Crippen molar-refractivity contribution in [3.05, 3.63) is 65.2 Å². The van der Waals surface area contributed by atoms with Crippen LogP contribution < -0.4 is 10.1 Å². The van der Waals surface area contributed by atoms with Gasteiger partial charge in [-0.15, -0.1) is 0 Å². The predicted molar refractivity (Wildman–Crippen MR) is 118 cm³/mol. The Balaban J connectivity index is 1.96. The number of aryl methyl sites for hydroxylation is 1. The molecule has 5 heteroatoms. The Labute approximate surface area is 179 Å². The van der Waals surface area contributed by atoms with Crippen molar-refractivity contribution >= 4 is 11.9 Å². The van der Waals surface area contributed by atoms with Gasteiger partial charge in [0.05, 0.1) is 25.6 Å². The topological polar surface area (TPSA) is 64.6 Å². The summed E-state index contributed by atoms with van der Waals surface area (Å²) >= 11 is 0. The molecule has 0 aliphatic rings. The number of hydrogen-bond donors (Lipinski definition) is 1. The number of amides is 1. The van der Waals surface area contributed by atoms with Crippen LogP contribution in [0.3, 0.4) is 0 Å². The molecule has 0 spiro atoms. The van der Waals surface area contributed by atoms with Gasteiger partial charge < -0.3 is 14.8 Å². The maximum Gasteiger partial charge on any atom is 0.311 e. The highest BCUT2D eigenvalue weighted by Gasteiger charge is 2.24. The summed E-state index contributed by atoms with van der Waals surface area (Å²) in [6.45, 7) is 8.17. The van der Waals surface area contributed by atoms with Crippen LogP contribution in [0.5, 0.6) is 5.75 Å². The van der Waals surface area contributed by atoms with Crippen molar-refractivity contribution in [1.29, 1.82) is 0 Å². The zero-order valence-electron chi connectivity index (χ0n) is 18.7. The van der Waals surface area contributed by atoms with E-state index in [2.05, 4.69) is 5.32 Å². The first kappa shape index (κ1) is 23.5. The lowest BCUT2D eigenvalue weighted by Crippen LogP contribution is -2.35. The van der Waals surface area contributed by atoms with Crippen LogP contribution in [0.1, 0.15) is 37.5 Å². The second-order valence-corrected chi connectivity index (χ2v) is 8.69. The summed E-state index contributed by atoms with van der Waals surface area (Å²) in [5.41, 5.74) is 2.52. The molecule has 1 N–H and O–H groups in total. The van der Waals surface area contributed by atoms with E-state index >= 15 is 0 Å². The molecule has 2 aromatic rings. The highest BCUT2D eigenvalue weighted by Crippen LogP contribution is 2.19. The summed E-state index contributed by atoms with van der Waals surface area (Å²) in [6.07, 6.45) is 0.993. The van der Waals surface area contributed by atoms with Crippen molar-refractivity contribution < 1.29 is 19.1 Å². The molecule has 0 aliphatic heterocycles. The molecule has 0 heterocycles. The number of esters is 1. The lowest BCUT2D eigenvalue weighted by molar-refractivity contribution is -0.154. The van der Waals surface area contributed by atoms with Crippen LogP contribution >= 0.6 is 0 Å². The molecule has 0 aromatic heterocycles. The molecule has 0 aliphatic carbocycles. The molecular weight excluding hydrogens is 378 g/mol. The molecule has 0 radical (unpaired) electrons. The van der Waals surface area contributed by atoms with Gasteiger partial charge in [0.2, 0.25) is 5.91 Å². The van der Waals surface area contributed by atoms with Gasteiger partial charge in [0.25, 0.3) is 0 Å².